The summed E-state index contributed by atoms with van der Waals surface area (Å²) in [6, 6.07) is 0. The van der Waals surface area contributed by atoms with E-state index in [9.17, 15) is 8.42 Å². The molecule has 2 N–H and O–H groups in total. The highest BCUT2D eigenvalue weighted by Gasteiger charge is 2.20. The third-order valence-electron chi connectivity index (χ3n) is 1.67. The SMILES string of the molecule is C=CCC[C@H](COCC)S(N)(=O)=O. The number of hydrogen-bond donors (Lipinski definition) is 1. The van der Waals surface area contributed by atoms with Crippen LogP contribution in [-0.2, 0) is 14.8 Å². The predicted octanol–water partition coefficient (Wildman–Crippen LogP) is 0.646. The van der Waals surface area contributed by atoms with E-state index in [0.29, 0.717) is 19.4 Å². The van der Waals surface area contributed by atoms with E-state index in [-0.39, 0.29) is 6.61 Å². The number of nitrogens with two attached hydrogens (primary N) is 1. The Morgan fingerprint density at radius 3 is 2.62 bits per heavy atom. The molecule has 78 valence electrons. The Balaban J connectivity index is 4.11. The average Bonchev–Trinajstić information content (AvgIpc) is 2.02. The average molecular weight is 207 g/mol. The van der Waals surface area contributed by atoms with Crippen molar-refractivity contribution in [2.45, 2.75) is 25.0 Å². The van der Waals surface area contributed by atoms with Gasteiger partial charge in [-0.2, -0.15) is 0 Å². The third-order valence-corrected chi connectivity index (χ3v) is 2.97. The second-order valence-electron chi connectivity index (χ2n) is 2.74. The maximum absolute atomic E-state index is 11.0. The summed E-state index contributed by atoms with van der Waals surface area (Å²) >= 11 is 0. The molecule has 1 atom stereocenters. The molecule has 0 unspecified atom stereocenters. The molecule has 5 heteroatoms. The van der Waals surface area contributed by atoms with Crippen LogP contribution < -0.4 is 5.14 Å². The van der Waals surface area contributed by atoms with Crippen LogP contribution in [0, 0.1) is 0 Å². The van der Waals surface area contributed by atoms with E-state index in [2.05, 4.69) is 6.58 Å². The third kappa shape index (κ3) is 5.79. The van der Waals surface area contributed by atoms with Crippen molar-refractivity contribution in [1.82, 2.24) is 0 Å². The van der Waals surface area contributed by atoms with Crippen LogP contribution in [0.5, 0.6) is 0 Å². The molecule has 0 aliphatic heterocycles. The standard InChI is InChI=1S/C8H17NO3S/c1-3-5-6-8(7-12-4-2)13(9,10)11/h3,8H,1,4-7H2,2H3,(H2,9,10,11)/t8-/m1/s1. The highest BCUT2D eigenvalue weighted by atomic mass is 32.2. The molecule has 0 heterocycles. The highest BCUT2D eigenvalue weighted by Crippen LogP contribution is 2.06. The van der Waals surface area contributed by atoms with Gasteiger partial charge in [-0.05, 0) is 19.8 Å². The van der Waals surface area contributed by atoms with Gasteiger partial charge in [0, 0.05) is 6.61 Å². The zero-order valence-corrected chi connectivity index (χ0v) is 8.72. The number of primary sulfonamides is 1. The summed E-state index contributed by atoms with van der Waals surface area (Å²) in [6.07, 6.45) is 2.78. The Kier molecular flexibility index (Phi) is 5.94. The monoisotopic (exact) mass is 207 g/mol. The molecule has 13 heavy (non-hydrogen) atoms. The van der Waals surface area contributed by atoms with Crippen molar-refractivity contribution in [2.24, 2.45) is 5.14 Å². The zero-order valence-electron chi connectivity index (χ0n) is 7.90. The van der Waals surface area contributed by atoms with Crippen LogP contribution in [0.1, 0.15) is 19.8 Å². The lowest BCUT2D eigenvalue weighted by Gasteiger charge is -2.12. The Morgan fingerprint density at radius 2 is 2.23 bits per heavy atom. The molecule has 0 saturated carbocycles. The van der Waals surface area contributed by atoms with Gasteiger partial charge in [-0.3, -0.25) is 0 Å². The molecule has 0 aliphatic carbocycles. The molecule has 0 bridgehead atoms. The summed E-state index contributed by atoms with van der Waals surface area (Å²) in [5.74, 6) is 0. The van der Waals surface area contributed by atoms with Crippen molar-refractivity contribution in [1.29, 1.82) is 0 Å². The van der Waals surface area contributed by atoms with Crippen molar-refractivity contribution in [2.75, 3.05) is 13.2 Å². The van der Waals surface area contributed by atoms with Gasteiger partial charge in [-0.1, -0.05) is 6.08 Å². The number of hydrogen-bond acceptors (Lipinski definition) is 3. The molecule has 4 nitrogen and oxygen atoms in total. The molecule has 0 aromatic carbocycles. The normalized spacial score (nSPS) is 14.0. The van der Waals surface area contributed by atoms with E-state index in [1.807, 2.05) is 6.92 Å². The maximum atomic E-state index is 11.0. The molecule has 0 radical (unpaired) electrons. The van der Waals surface area contributed by atoms with Crippen LogP contribution in [0.3, 0.4) is 0 Å². The first kappa shape index (κ1) is 12.6. The summed E-state index contributed by atoms with van der Waals surface area (Å²) in [7, 11) is -3.48. The van der Waals surface area contributed by atoms with Gasteiger partial charge >= 0.3 is 0 Å². The number of rotatable bonds is 7. The predicted molar refractivity (Wildman–Crippen MR) is 52.8 cm³/mol. The fraction of sp³-hybridized carbons (Fsp3) is 0.750. The summed E-state index contributed by atoms with van der Waals surface area (Å²) in [4.78, 5) is 0. The van der Waals surface area contributed by atoms with Crippen molar-refractivity contribution in [3.63, 3.8) is 0 Å². The Hall–Kier alpha value is -0.390. The first-order valence-electron chi connectivity index (χ1n) is 4.22. The van der Waals surface area contributed by atoms with Crippen molar-refractivity contribution < 1.29 is 13.2 Å². The van der Waals surface area contributed by atoms with E-state index in [4.69, 9.17) is 9.88 Å². The minimum atomic E-state index is -3.48. The van der Waals surface area contributed by atoms with Gasteiger partial charge in [-0.25, -0.2) is 13.6 Å². The topological polar surface area (TPSA) is 69.4 Å². The van der Waals surface area contributed by atoms with Crippen LogP contribution in [0.4, 0.5) is 0 Å². The second-order valence-corrected chi connectivity index (χ2v) is 4.58. The Labute approximate surface area is 79.8 Å². The van der Waals surface area contributed by atoms with Gasteiger partial charge in [0.2, 0.25) is 10.0 Å². The lowest BCUT2D eigenvalue weighted by molar-refractivity contribution is 0.145. The van der Waals surface area contributed by atoms with Gasteiger partial charge in [-0.15, -0.1) is 6.58 Å². The van der Waals surface area contributed by atoms with Gasteiger partial charge in [0.05, 0.1) is 11.9 Å². The summed E-state index contributed by atoms with van der Waals surface area (Å²) < 4.78 is 27.0. The highest BCUT2D eigenvalue weighted by molar-refractivity contribution is 7.89. The molecule has 0 saturated heterocycles. The minimum absolute atomic E-state index is 0.170. The van der Waals surface area contributed by atoms with E-state index in [1.54, 1.807) is 6.08 Å². The largest absolute Gasteiger partial charge is 0.380 e. The molecule has 0 fully saturated rings. The Bertz CT molecular complexity index is 236. The zero-order chi connectivity index (χ0) is 10.3. The van der Waals surface area contributed by atoms with Crippen molar-refractivity contribution in [3.8, 4) is 0 Å². The van der Waals surface area contributed by atoms with Gasteiger partial charge in [0.1, 0.15) is 0 Å². The number of sulfonamides is 1. The fourth-order valence-electron chi connectivity index (χ4n) is 0.895. The van der Waals surface area contributed by atoms with Crippen LogP contribution in [-0.4, -0.2) is 26.9 Å². The molecule has 0 aliphatic rings. The van der Waals surface area contributed by atoms with Gasteiger partial charge < -0.3 is 4.74 Å². The lowest BCUT2D eigenvalue weighted by Crippen LogP contribution is -2.32. The molecule has 0 aromatic rings. The van der Waals surface area contributed by atoms with Crippen molar-refractivity contribution >= 4 is 10.0 Å². The lowest BCUT2D eigenvalue weighted by atomic mass is 10.2. The molecule has 0 aromatic heterocycles. The Morgan fingerprint density at radius 1 is 1.62 bits per heavy atom. The maximum Gasteiger partial charge on any atom is 0.214 e. The van der Waals surface area contributed by atoms with E-state index >= 15 is 0 Å². The first-order chi connectivity index (χ1) is 6.02. The van der Waals surface area contributed by atoms with E-state index in [0.717, 1.165) is 0 Å². The molecular weight excluding hydrogens is 190 g/mol. The number of allylic oxidation sites excluding steroid dienone is 1. The van der Waals surface area contributed by atoms with Crippen LogP contribution in [0.25, 0.3) is 0 Å². The van der Waals surface area contributed by atoms with Crippen LogP contribution >= 0.6 is 0 Å². The van der Waals surface area contributed by atoms with Crippen LogP contribution in [0.2, 0.25) is 0 Å². The molecule has 0 spiro atoms. The number of ether oxygens (including phenoxy) is 1. The fourth-order valence-corrected chi connectivity index (χ4v) is 1.65. The molecule has 0 rings (SSSR count). The first-order valence-corrected chi connectivity index (χ1v) is 5.83. The molecular formula is C8H17NO3S. The van der Waals surface area contributed by atoms with E-state index in [1.165, 1.54) is 0 Å². The minimum Gasteiger partial charge on any atom is -0.380 e. The van der Waals surface area contributed by atoms with Gasteiger partial charge in [0.25, 0.3) is 0 Å². The van der Waals surface area contributed by atoms with Crippen LogP contribution in [0.15, 0.2) is 12.7 Å². The second kappa shape index (κ2) is 6.12. The summed E-state index contributed by atoms with van der Waals surface area (Å²) in [6.45, 7) is 6.00. The smallest absolute Gasteiger partial charge is 0.214 e. The van der Waals surface area contributed by atoms with E-state index < -0.39 is 15.3 Å². The summed E-state index contributed by atoms with van der Waals surface area (Å²) in [5.41, 5.74) is 0. The summed E-state index contributed by atoms with van der Waals surface area (Å²) in [5, 5.41) is 4.41. The van der Waals surface area contributed by atoms with Gasteiger partial charge in [0.15, 0.2) is 0 Å². The van der Waals surface area contributed by atoms with Crippen molar-refractivity contribution in [3.05, 3.63) is 12.7 Å². The molecule has 0 amide bonds. The quantitative estimate of drug-likeness (QED) is 0.623.